The minimum Gasteiger partial charge on any atom is -0.480 e. The Kier molecular flexibility index (Phi) is 5.08. The smallest absolute Gasteiger partial charge is 0.326 e. The van der Waals surface area contributed by atoms with Crippen LogP contribution in [0.15, 0.2) is 40.9 Å². The molecule has 0 spiro atoms. The first-order chi connectivity index (χ1) is 12.3. The average molecular weight is 417 g/mol. The first-order valence-corrected chi connectivity index (χ1v) is 8.84. The molecule has 1 aliphatic carbocycles. The second kappa shape index (κ2) is 7.29. The van der Waals surface area contributed by atoms with Gasteiger partial charge in [-0.3, -0.25) is 9.59 Å². The molecule has 2 aromatic carbocycles. The topological polar surface area (TPSA) is 95.5 Å². The summed E-state index contributed by atoms with van der Waals surface area (Å²) >= 11 is 3.47. The van der Waals surface area contributed by atoms with E-state index in [0.29, 0.717) is 5.69 Å². The molecule has 0 aromatic heterocycles. The van der Waals surface area contributed by atoms with Gasteiger partial charge in [-0.25, -0.2) is 4.79 Å². The van der Waals surface area contributed by atoms with Crippen LogP contribution in [0.2, 0.25) is 0 Å². The van der Waals surface area contributed by atoms with Crippen LogP contribution in [-0.4, -0.2) is 28.9 Å². The van der Waals surface area contributed by atoms with Crippen LogP contribution in [0.3, 0.4) is 0 Å². The molecule has 0 saturated heterocycles. The minimum atomic E-state index is -1.25. The molecule has 26 heavy (non-hydrogen) atoms. The summed E-state index contributed by atoms with van der Waals surface area (Å²) in [5.41, 5.74) is 5.24. The molecule has 7 heteroatoms. The van der Waals surface area contributed by atoms with Gasteiger partial charge >= 0.3 is 5.97 Å². The van der Waals surface area contributed by atoms with Gasteiger partial charge in [-0.05, 0) is 52.9 Å². The summed E-state index contributed by atoms with van der Waals surface area (Å²) in [5, 5.41) is 14.0. The number of hydrogen-bond donors (Lipinski definition) is 3. The van der Waals surface area contributed by atoms with Gasteiger partial charge in [-0.15, -0.1) is 0 Å². The number of benzene rings is 2. The van der Waals surface area contributed by atoms with Gasteiger partial charge in [0.2, 0.25) is 11.8 Å². The highest BCUT2D eigenvalue weighted by molar-refractivity contribution is 9.10. The molecule has 3 rings (SSSR count). The van der Waals surface area contributed by atoms with E-state index in [-0.39, 0.29) is 6.42 Å². The van der Waals surface area contributed by atoms with Crippen LogP contribution >= 0.6 is 15.9 Å². The molecule has 0 heterocycles. The predicted octanol–water partition coefficient (Wildman–Crippen LogP) is 2.94. The lowest BCUT2D eigenvalue weighted by atomic mass is 10.1. The van der Waals surface area contributed by atoms with E-state index in [9.17, 15) is 14.4 Å². The van der Waals surface area contributed by atoms with E-state index in [2.05, 4.69) is 38.7 Å². The number of amides is 2. The van der Waals surface area contributed by atoms with E-state index in [1.54, 1.807) is 6.07 Å². The fourth-order valence-electron chi connectivity index (χ4n) is 3.10. The quantitative estimate of drug-likeness (QED) is 0.595. The molecule has 2 amide bonds. The summed E-state index contributed by atoms with van der Waals surface area (Å²) in [4.78, 5) is 34.3. The Morgan fingerprint density at radius 3 is 2.42 bits per heavy atom. The lowest BCUT2D eigenvalue weighted by Gasteiger charge is -2.13. The number of anilines is 1. The van der Waals surface area contributed by atoms with Crippen molar-refractivity contribution in [2.24, 2.45) is 0 Å². The summed E-state index contributed by atoms with van der Waals surface area (Å²) in [6.45, 7) is 1.21. The molecular weight excluding hydrogens is 400 g/mol. The molecule has 1 aliphatic rings. The number of aliphatic carboxylic acids is 1. The van der Waals surface area contributed by atoms with Crippen molar-refractivity contribution in [3.63, 3.8) is 0 Å². The van der Waals surface area contributed by atoms with Crippen LogP contribution in [0.1, 0.15) is 24.5 Å². The van der Waals surface area contributed by atoms with Crippen molar-refractivity contribution in [3.05, 3.63) is 52.0 Å². The van der Waals surface area contributed by atoms with E-state index in [1.165, 1.54) is 18.1 Å². The number of carboxylic acid groups (broad SMARTS) is 1. The van der Waals surface area contributed by atoms with Gasteiger partial charge in [0.25, 0.3) is 0 Å². The van der Waals surface area contributed by atoms with Gasteiger partial charge in [0.05, 0.1) is 6.42 Å². The highest BCUT2D eigenvalue weighted by Gasteiger charge is 2.23. The van der Waals surface area contributed by atoms with Gasteiger partial charge < -0.3 is 15.7 Å². The molecule has 134 valence electrons. The van der Waals surface area contributed by atoms with Crippen molar-refractivity contribution in [2.75, 3.05) is 5.32 Å². The zero-order valence-corrected chi connectivity index (χ0v) is 15.6. The van der Waals surface area contributed by atoms with Crippen molar-refractivity contribution in [3.8, 4) is 11.1 Å². The van der Waals surface area contributed by atoms with Crippen LogP contribution in [0.5, 0.6) is 0 Å². The third-order valence-electron chi connectivity index (χ3n) is 4.19. The molecule has 1 atom stereocenters. The van der Waals surface area contributed by atoms with Crippen LogP contribution in [0, 0.1) is 0 Å². The second-order valence-electron chi connectivity index (χ2n) is 6.19. The second-order valence-corrected chi connectivity index (χ2v) is 7.11. The monoisotopic (exact) mass is 416 g/mol. The summed E-state index contributed by atoms with van der Waals surface area (Å²) in [5.74, 6) is -2.21. The van der Waals surface area contributed by atoms with Crippen LogP contribution < -0.4 is 10.6 Å². The molecule has 2 aromatic rings. The number of rotatable bonds is 5. The first kappa shape index (κ1) is 18.1. The van der Waals surface area contributed by atoms with Gasteiger partial charge in [0.1, 0.15) is 6.04 Å². The minimum absolute atomic E-state index is 0.334. The van der Waals surface area contributed by atoms with Crippen LogP contribution in [0.4, 0.5) is 5.69 Å². The molecule has 0 unspecified atom stereocenters. The summed E-state index contributed by atoms with van der Waals surface area (Å²) in [6.07, 6.45) is 0.441. The molecule has 0 saturated carbocycles. The summed E-state index contributed by atoms with van der Waals surface area (Å²) < 4.78 is 1.02. The number of carbonyl (C=O) groups is 3. The maximum atomic E-state index is 12.1. The van der Waals surface area contributed by atoms with E-state index in [1.807, 2.05) is 18.2 Å². The van der Waals surface area contributed by atoms with Crippen molar-refractivity contribution in [1.82, 2.24) is 5.32 Å². The molecule has 6 nitrogen and oxygen atoms in total. The Morgan fingerprint density at radius 2 is 1.77 bits per heavy atom. The summed E-state index contributed by atoms with van der Waals surface area (Å²) in [6, 6.07) is 10.5. The largest absolute Gasteiger partial charge is 0.480 e. The number of hydrogen-bond acceptors (Lipinski definition) is 3. The van der Waals surface area contributed by atoms with E-state index >= 15 is 0 Å². The van der Waals surface area contributed by atoms with E-state index in [4.69, 9.17) is 5.11 Å². The highest BCUT2D eigenvalue weighted by atomic mass is 79.9. The number of carboxylic acids is 1. The number of nitrogens with one attached hydrogen (secondary N) is 2. The van der Waals surface area contributed by atoms with E-state index in [0.717, 1.165) is 22.0 Å². The lowest BCUT2D eigenvalue weighted by Crippen LogP contribution is -2.42. The maximum absolute atomic E-state index is 12.1. The number of carbonyl (C=O) groups excluding carboxylic acids is 2. The third-order valence-corrected chi connectivity index (χ3v) is 4.69. The SMILES string of the molecule is CC(=O)N[C@H](CC(=O)Nc1ccc2c(c1)Cc1cc(Br)ccc1-2)C(=O)O. The van der Waals surface area contributed by atoms with Crippen molar-refractivity contribution >= 4 is 39.4 Å². The normalized spacial score (nSPS) is 12.7. The standard InChI is InChI=1S/C19H17BrN2O4/c1-10(23)21-17(19(25)26)9-18(24)22-14-3-5-16-12(8-14)6-11-7-13(20)2-4-15(11)16/h2-5,7-8,17H,6,9H2,1H3,(H,21,23)(H,22,24)(H,25,26)/t17-/m1/s1. The Labute approximate surface area is 158 Å². The molecule has 0 aliphatic heterocycles. The fourth-order valence-corrected chi connectivity index (χ4v) is 3.51. The Balaban J connectivity index is 1.71. The van der Waals surface area contributed by atoms with Crippen molar-refractivity contribution in [1.29, 1.82) is 0 Å². The fraction of sp³-hybridized carbons (Fsp3) is 0.211. The van der Waals surface area contributed by atoms with E-state index < -0.39 is 23.8 Å². The zero-order valence-electron chi connectivity index (χ0n) is 14.0. The zero-order chi connectivity index (χ0) is 18.8. The number of halogens is 1. The maximum Gasteiger partial charge on any atom is 0.326 e. The van der Waals surface area contributed by atoms with Crippen LogP contribution in [-0.2, 0) is 20.8 Å². The Morgan fingerprint density at radius 1 is 1.12 bits per heavy atom. The Bertz CT molecular complexity index is 910. The van der Waals surface area contributed by atoms with Gasteiger partial charge in [-0.2, -0.15) is 0 Å². The molecule has 0 fully saturated rings. The third kappa shape index (κ3) is 3.94. The molecule has 0 radical (unpaired) electrons. The summed E-state index contributed by atoms with van der Waals surface area (Å²) in [7, 11) is 0. The Hall–Kier alpha value is -2.67. The molecule has 0 bridgehead atoms. The average Bonchev–Trinajstić information content (AvgIpc) is 2.89. The first-order valence-electron chi connectivity index (χ1n) is 8.05. The van der Waals surface area contributed by atoms with Crippen molar-refractivity contribution in [2.45, 2.75) is 25.8 Å². The van der Waals surface area contributed by atoms with Gasteiger partial charge in [0, 0.05) is 17.1 Å². The number of fused-ring (bicyclic) bond motifs is 3. The highest BCUT2D eigenvalue weighted by Crippen LogP contribution is 2.38. The lowest BCUT2D eigenvalue weighted by molar-refractivity contribution is -0.142. The van der Waals surface area contributed by atoms with Crippen molar-refractivity contribution < 1.29 is 19.5 Å². The van der Waals surface area contributed by atoms with Gasteiger partial charge in [-0.1, -0.05) is 28.1 Å². The predicted molar refractivity (Wildman–Crippen MR) is 101 cm³/mol. The van der Waals surface area contributed by atoms with Gasteiger partial charge in [0.15, 0.2) is 0 Å². The molecular formula is C19H17BrN2O4. The molecule has 3 N–H and O–H groups in total. The van der Waals surface area contributed by atoms with Crippen LogP contribution in [0.25, 0.3) is 11.1 Å².